The largest absolute Gasteiger partial charge is 0.481 e. The van der Waals surface area contributed by atoms with E-state index in [2.05, 4.69) is 9.97 Å². The second-order valence-electron chi connectivity index (χ2n) is 5.18. The second kappa shape index (κ2) is 4.09. The van der Waals surface area contributed by atoms with Gasteiger partial charge in [-0.15, -0.1) is 0 Å². The smallest absolute Gasteiger partial charge is 0.306 e. The van der Waals surface area contributed by atoms with Crippen LogP contribution in [0, 0.1) is 11.8 Å². The maximum Gasteiger partial charge on any atom is 0.306 e. The van der Waals surface area contributed by atoms with Crippen molar-refractivity contribution in [2.75, 3.05) is 0 Å². The van der Waals surface area contributed by atoms with Gasteiger partial charge >= 0.3 is 5.97 Å². The molecule has 4 heteroatoms. The molecule has 1 heterocycles. The predicted molar refractivity (Wildman–Crippen MR) is 61.6 cm³/mol. The number of hydrogen-bond acceptors (Lipinski definition) is 3. The van der Waals surface area contributed by atoms with Crippen molar-refractivity contribution in [1.82, 2.24) is 9.97 Å². The Bertz CT molecular complexity index is 455. The molecule has 1 aromatic rings. The molecule has 90 valence electrons. The second-order valence-corrected chi connectivity index (χ2v) is 5.18. The number of carboxylic acid groups (broad SMARTS) is 1. The van der Waals surface area contributed by atoms with Gasteiger partial charge in [-0.25, -0.2) is 9.97 Å². The van der Waals surface area contributed by atoms with E-state index in [-0.39, 0.29) is 5.92 Å². The summed E-state index contributed by atoms with van der Waals surface area (Å²) in [7, 11) is 0. The minimum Gasteiger partial charge on any atom is -0.481 e. The zero-order chi connectivity index (χ0) is 11.8. The van der Waals surface area contributed by atoms with Gasteiger partial charge in [-0.3, -0.25) is 4.79 Å². The van der Waals surface area contributed by atoms with E-state index in [9.17, 15) is 4.79 Å². The molecule has 4 nitrogen and oxygen atoms in total. The standard InChI is InChI=1S/C13H16N2O2/c16-13(17)9-3-4-11-10(6-9)7-14-12(15-11)5-8-1-2-8/h7-9H,1-6H2,(H,16,17). The molecule has 0 spiro atoms. The summed E-state index contributed by atoms with van der Waals surface area (Å²) in [6.07, 6.45) is 7.54. The molecule has 2 aliphatic carbocycles. The van der Waals surface area contributed by atoms with Crippen LogP contribution >= 0.6 is 0 Å². The first-order chi connectivity index (χ1) is 8.22. The minimum absolute atomic E-state index is 0.250. The van der Waals surface area contributed by atoms with Crippen molar-refractivity contribution in [3.05, 3.63) is 23.3 Å². The Hall–Kier alpha value is -1.45. The van der Waals surface area contributed by atoms with E-state index in [1.807, 2.05) is 6.20 Å². The maximum absolute atomic E-state index is 10.9. The van der Waals surface area contributed by atoms with Gasteiger partial charge in [0.2, 0.25) is 0 Å². The number of aryl methyl sites for hydroxylation is 1. The van der Waals surface area contributed by atoms with Crippen molar-refractivity contribution in [2.45, 2.75) is 38.5 Å². The number of fused-ring (bicyclic) bond motifs is 1. The normalized spacial score (nSPS) is 23.2. The Morgan fingerprint density at radius 1 is 1.41 bits per heavy atom. The molecule has 0 aromatic carbocycles. The number of hydrogen-bond donors (Lipinski definition) is 1. The lowest BCUT2D eigenvalue weighted by atomic mass is 9.87. The Balaban J connectivity index is 1.77. The highest BCUT2D eigenvalue weighted by molar-refractivity contribution is 5.70. The van der Waals surface area contributed by atoms with Crippen LogP contribution in [0.2, 0.25) is 0 Å². The molecule has 1 atom stereocenters. The SMILES string of the molecule is O=C(O)C1CCc2nc(CC3CC3)ncc2C1. The van der Waals surface area contributed by atoms with Gasteiger partial charge in [0.25, 0.3) is 0 Å². The number of nitrogens with zero attached hydrogens (tertiary/aromatic N) is 2. The van der Waals surface area contributed by atoms with Crippen LogP contribution in [-0.4, -0.2) is 21.0 Å². The van der Waals surface area contributed by atoms with Gasteiger partial charge in [-0.05, 0) is 43.6 Å². The average Bonchev–Trinajstić information content (AvgIpc) is 3.12. The van der Waals surface area contributed by atoms with E-state index < -0.39 is 5.97 Å². The Labute approximate surface area is 100 Å². The number of rotatable bonds is 3. The van der Waals surface area contributed by atoms with E-state index in [1.54, 1.807) is 0 Å². The van der Waals surface area contributed by atoms with Crippen molar-refractivity contribution >= 4 is 5.97 Å². The first kappa shape index (κ1) is 10.7. The lowest BCUT2D eigenvalue weighted by Crippen LogP contribution is -2.23. The van der Waals surface area contributed by atoms with E-state index in [1.165, 1.54) is 12.8 Å². The molecule has 1 saturated carbocycles. The zero-order valence-electron chi connectivity index (χ0n) is 9.72. The summed E-state index contributed by atoms with van der Waals surface area (Å²) in [4.78, 5) is 19.9. The minimum atomic E-state index is -0.697. The first-order valence-electron chi connectivity index (χ1n) is 6.29. The van der Waals surface area contributed by atoms with Crippen molar-refractivity contribution in [3.8, 4) is 0 Å². The van der Waals surface area contributed by atoms with E-state index >= 15 is 0 Å². The number of aliphatic carboxylic acids is 1. The van der Waals surface area contributed by atoms with Crippen LogP contribution < -0.4 is 0 Å². The molecule has 1 aromatic heterocycles. The molecule has 0 amide bonds. The summed E-state index contributed by atoms with van der Waals surface area (Å²) in [6, 6.07) is 0. The third kappa shape index (κ3) is 2.30. The number of carbonyl (C=O) groups is 1. The quantitative estimate of drug-likeness (QED) is 0.860. The van der Waals surface area contributed by atoms with Crippen molar-refractivity contribution in [2.24, 2.45) is 11.8 Å². The van der Waals surface area contributed by atoms with Gasteiger partial charge in [0.05, 0.1) is 5.92 Å². The molecule has 1 N–H and O–H groups in total. The number of carboxylic acids is 1. The molecular formula is C13H16N2O2. The molecule has 17 heavy (non-hydrogen) atoms. The highest BCUT2D eigenvalue weighted by atomic mass is 16.4. The lowest BCUT2D eigenvalue weighted by Gasteiger charge is -2.20. The topological polar surface area (TPSA) is 63.1 Å². The van der Waals surface area contributed by atoms with Gasteiger partial charge in [0, 0.05) is 18.3 Å². The van der Waals surface area contributed by atoms with Crippen molar-refractivity contribution in [1.29, 1.82) is 0 Å². The molecule has 0 saturated heterocycles. The molecule has 2 aliphatic rings. The fourth-order valence-electron chi connectivity index (χ4n) is 2.44. The molecule has 0 bridgehead atoms. The van der Waals surface area contributed by atoms with Crippen LogP contribution in [-0.2, 0) is 24.1 Å². The third-order valence-electron chi connectivity index (χ3n) is 3.72. The lowest BCUT2D eigenvalue weighted by molar-refractivity contribution is -0.142. The zero-order valence-corrected chi connectivity index (χ0v) is 9.72. The monoisotopic (exact) mass is 232 g/mol. The summed E-state index contributed by atoms with van der Waals surface area (Å²) in [6.45, 7) is 0. The van der Waals surface area contributed by atoms with Crippen LogP contribution in [0.25, 0.3) is 0 Å². The Morgan fingerprint density at radius 3 is 2.94 bits per heavy atom. The number of aromatic nitrogens is 2. The van der Waals surface area contributed by atoms with Gasteiger partial charge in [-0.2, -0.15) is 0 Å². The van der Waals surface area contributed by atoms with Crippen molar-refractivity contribution < 1.29 is 9.90 Å². The molecular weight excluding hydrogens is 216 g/mol. The van der Waals surface area contributed by atoms with E-state index in [4.69, 9.17) is 5.11 Å². The molecule has 0 aliphatic heterocycles. The highest BCUT2D eigenvalue weighted by Gasteiger charge is 2.27. The predicted octanol–water partition coefficient (Wildman–Crippen LogP) is 1.62. The maximum atomic E-state index is 10.9. The van der Waals surface area contributed by atoms with Crippen LogP contribution in [0.5, 0.6) is 0 Å². The first-order valence-corrected chi connectivity index (χ1v) is 6.29. The summed E-state index contributed by atoms with van der Waals surface area (Å²) in [5, 5.41) is 9.00. The Kier molecular flexibility index (Phi) is 2.57. The average molecular weight is 232 g/mol. The summed E-state index contributed by atoms with van der Waals surface area (Å²) >= 11 is 0. The van der Waals surface area contributed by atoms with Gasteiger partial charge in [-0.1, -0.05) is 0 Å². The van der Waals surface area contributed by atoms with E-state index in [0.29, 0.717) is 12.8 Å². The third-order valence-corrected chi connectivity index (χ3v) is 3.72. The highest BCUT2D eigenvalue weighted by Crippen LogP contribution is 2.32. The van der Waals surface area contributed by atoms with Gasteiger partial charge < -0.3 is 5.11 Å². The summed E-state index contributed by atoms with van der Waals surface area (Å²) < 4.78 is 0. The fourth-order valence-corrected chi connectivity index (χ4v) is 2.44. The van der Waals surface area contributed by atoms with Crippen LogP contribution in [0.1, 0.15) is 36.3 Å². The van der Waals surface area contributed by atoms with Crippen molar-refractivity contribution in [3.63, 3.8) is 0 Å². The van der Waals surface area contributed by atoms with Crippen LogP contribution in [0.15, 0.2) is 6.20 Å². The van der Waals surface area contributed by atoms with Gasteiger partial charge in [0.1, 0.15) is 5.82 Å². The van der Waals surface area contributed by atoms with Crippen LogP contribution in [0.4, 0.5) is 0 Å². The Morgan fingerprint density at radius 2 is 2.24 bits per heavy atom. The van der Waals surface area contributed by atoms with E-state index in [0.717, 1.165) is 35.8 Å². The summed E-state index contributed by atoms with van der Waals surface area (Å²) in [5.41, 5.74) is 2.11. The summed E-state index contributed by atoms with van der Waals surface area (Å²) in [5.74, 6) is 0.793. The molecule has 3 rings (SSSR count). The molecule has 1 fully saturated rings. The molecule has 1 unspecified atom stereocenters. The van der Waals surface area contributed by atoms with Gasteiger partial charge in [0.15, 0.2) is 0 Å². The fraction of sp³-hybridized carbons (Fsp3) is 0.615. The molecule has 0 radical (unpaired) electrons. The van der Waals surface area contributed by atoms with Crippen LogP contribution in [0.3, 0.4) is 0 Å².